The molecular formula is C13H13N3O3. The van der Waals surface area contributed by atoms with E-state index in [-0.39, 0.29) is 29.7 Å². The van der Waals surface area contributed by atoms with Crippen LogP contribution in [0.5, 0.6) is 0 Å². The molecule has 0 bridgehead atoms. The molecule has 2 amide bonds. The van der Waals surface area contributed by atoms with Crippen LogP contribution in [0.25, 0.3) is 0 Å². The molecule has 0 aliphatic carbocycles. The summed E-state index contributed by atoms with van der Waals surface area (Å²) in [5.41, 5.74) is 3.72. The molecular weight excluding hydrogens is 246 g/mol. The SMILES string of the molecule is CC(=O)c1ccc(NC(=O)C2=NNC(=O)CC2)cc1. The first-order valence-corrected chi connectivity index (χ1v) is 5.84. The van der Waals surface area contributed by atoms with Gasteiger partial charge in [0.1, 0.15) is 5.71 Å². The number of hydrogen-bond acceptors (Lipinski definition) is 4. The molecule has 1 aliphatic heterocycles. The molecule has 0 radical (unpaired) electrons. The minimum atomic E-state index is -0.351. The maximum atomic E-state index is 11.8. The van der Waals surface area contributed by atoms with E-state index in [1.165, 1.54) is 6.92 Å². The molecule has 0 atom stereocenters. The lowest BCUT2D eigenvalue weighted by atomic mass is 10.1. The number of nitrogens with zero attached hydrogens (tertiary/aromatic N) is 1. The Morgan fingerprint density at radius 3 is 2.42 bits per heavy atom. The van der Waals surface area contributed by atoms with Crippen LogP contribution in [0.4, 0.5) is 5.69 Å². The van der Waals surface area contributed by atoms with Crippen LogP contribution in [0.3, 0.4) is 0 Å². The second-order valence-corrected chi connectivity index (χ2v) is 4.18. The van der Waals surface area contributed by atoms with Crippen LogP contribution < -0.4 is 10.7 Å². The molecule has 2 rings (SSSR count). The Kier molecular flexibility index (Phi) is 3.70. The van der Waals surface area contributed by atoms with Gasteiger partial charge in [0.2, 0.25) is 5.91 Å². The van der Waals surface area contributed by atoms with Gasteiger partial charge in [0.05, 0.1) is 0 Å². The number of anilines is 1. The Labute approximate surface area is 109 Å². The van der Waals surface area contributed by atoms with Gasteiger partial charge in [-0.2, -0.15) is 5.10 Å². The topological polar surface area (TPSA) is 87.6 Å². The molecule has 0 saturated heterocycles. The summed E-state index contributed by atoms with van der Waals surface area (Å²) in [5.74, 6) is -0.574. The fourth-order valence-electron chi connectivity index (χ4n) is 1.63. The van der Waals surface area contributed by atoms with Crippen LogP contribution >= 0.6 is 0 Å². The predicted molar refractivity (Wildman–Crippen MR) is 69.9 cm³/mol. The highest BCUT2D eigenvalue weighted by Gasteiger charge is 2.18. The first-order valence-electron chi connectivity index (χ1n) is 5.84. The summed E-state index contributed by atoms with van der Waals surface area (Å²) in [6, 6.07) is 6.58. The highest BCUT2D eigenvalue weighted by molar-refractivity contribution is 6.43. The first-order chi connectivity index (χ1) is 9.06. The molecule has 19 heavy (non-hydrogen) atoms. The van der Waals surface area contributed by atoms with Crippen molar-refractivity contribution in [1.82, 2.24) is 5.43 Å². The average Bonchev–Trinajstić information content (AvgIpc) is 2.40. The van der Waals surface area contributed by atoms with Crippen LogP contribution in [-0.2, 0) is 9.59 Å². The molecule has 0 spiro atoms. The zero-order valence-corrected chi connectivity index (χ0v) is 10.4. The molecule has 1 aromatic carbocycles. The van der Waals surface area contributed by atoms with Crippen molar-refractivity contribution in [3.05, 3.63) is 29.8 Å². The molecule has 0 unspecified atom stereocenters. The third-order valence-electron chi connectivity index (χ3n) is 2.72. The number of hydrazone groups is 1. The average molecular weight is 259 g/mol. The quantitative estimate of drug-likeness (QED) is 0.796. The third-order valence-corrected chi connectivity index (χ3v) is 2.72. The Morgan fingerprint density at radius 1 is 1.21 bits per heavy atom. The number of nitrogens with one attached hydrogen (secondary N) is 2. The van der Waals surface area contributed by atoms with Gasteiger partial charge in [-0.3, -0.25) is 14.4 Å². The summed E-state index contributed by atoms with van der Waals surface area (Å²) < 4.78 is 0. The summed E-state index contributed by atoms with van der Waals surface area (Å²) in [5, 5.41) is 6.36. The standard InChI is InChI=1S/C13H13N3O3/c1-8(17)9-2-4-10(5-3-9)14-13(19)11-6-7-12(18)16-15-11/h2-5H,6-7H2,1H3,(H,14,19)(H,16,18). The van der Waals surface area contributed by atoms with Gasteiger partial charge in [0.15, 0.2) is 5.78 Å². The number of ketones is 1. The molecule has 6 nitrogen and oxygen atoms in total. The Balaban J connectivity index is 2.03. The fourth-order valence-corrected chi connectivity index (χ4v) is 1.63. The lowest BCUT2D eigenvalue weighted by Gasteiger charge is -2.12. The number of Topliss-reactive ketones (excluding diaryl/α,β-unsaturated/α-hetero) is 1. The number of hydrogen-bond donors (Lipinski definition) is 2. The molecule has 2 N–H and O–H groups in total. The number of benzene rings is 1. The molecule has 1 aromatic rings. The van der Waals surface area contributed by atoms with Crippen LogP contribution in [0.2, 0.25) is 0 Å². The highest BCUT2D eigenvalue weighted by Crippen LogP contribution is 2.11. The maximum Gasteiger partial charge on any atom is 0.271 e. The van der Waals surface area contributed by atoms with E-state index in [1.54, 1.807) is 24.3 Å². The summed E-state index contributed by atoms with van der Waals surface area (Å²) in [6.07, 6.45) is 0.582. The maximum absolute atomic E-state index is 11.8. The van der Waals surface area contributed by atoms with Crippen molar-refractivity contribution in [2.45, 2.75) is 19.8 Å². The van der Waals surface area contributed by atoms with E-state index in [2.05, 4.69) is 15.8 Å². The van der Waals surface area contributed by atoms with Gasteiger partial charge in [0.25, 0.3) is 5.91 Å². The highest BCUT2D eigenvalue weighted by atomic mass is 16.2. The summed E-state index contributed by atoms with van der Waals surface area (Å²) in [6.45, 7) is 1.48. The number of rotatable bonds is 3. The lowest BCUT2D eigenvalue weighted by Crippen LogP contribution is -2.32. The minimum Gasteiger partial charge on any atom is -0.321 e. The van der Waals surface area contributed by atoms with E-state index < -0.39 is 0 Å². The van der Waals surface area contributed by atoms with E-state index in [0.717, 1.165) is 0 Å². The zero-order valence-electron chi connectivity index (χ0n) is 10.4. The van der Waals surface area contributed by atoms with Gasteiger partial charge in [-0.15, -0.1) is 0 Å². The number of carbonyl (C=O) groups excluding carboxylic acids is 3. The summed E-state index contributed by atoms with van der Waals surface area (Å²) in [7, 11) is 0. The van der Waals surface area contributed by atoms with Crippen molar-refractivity contribution in [2.24, 2.45) is 5.10 Å². The Bertz CT molecular complexity index is 561. The van der Waals surface area contributed by atoms with Gasteiger partial charge in [0, 0.05) is 24.1 Å². The summed E-state index contributed by atoms with van der Waals surface area (Å²) >= 11 is 0. The Hall–Kier alpha value is -2.50. The van der Waals surface area contributed by atoms with Crippen molar-refractivity contribution >= 4 is 29.0 Å². The van der Waals surface area contributed by atoms with Crippen LogP contribution in [0.15, 0.2) is 29.4 Å². The zero-order chi connectivity index (χ0) is 13.8. The van der Waals surface area contributed by atoms with Gasteiger partial charge >= 0.3 is 0 Å². The van der Waals surface area contributed by atoms with Gasteiger partial charge in [-0.25, -0.2) is 5.43 Å². The van der Waals surface area contributed by atoms with Crippen molar-refractivity contribution < 1.29 is 14.4 Å². The first kappa shape index (κ1) is 12.9. The lowest BCUT2D eigenvalue weighted by molar-refractivity contribution is -0.121. The van der Waals surface area contributed by atoms with E-state index in [4.69, 9.17) is 0 Å². The predicted octanol–water partition coefficient (Wildman–Crippen LogP) is 1.09. The minimum absolute atomic E-state index is 0.0303. The van der Waals surface area contributed by atoms with E-state index in [1.807, 2.05) is 0 Å². The summed E-state index contributed by atoms with van der Waals surface area (Å²) in [4.78, 5) is 33.9. The second kappa shape index (κ2) is 5.43. The van der Waals surface area contributed by atoms with Gasteiger partial charge in [-0.05, 0) is 31.2 Å². The molecule has 98 valence electrons. The second-order valence-electron chi connectivity index (χ2n) is 4.18. The van der Waals surface area contributed by atoms with Crippen LogP contribution in [0, 0.1) is 0 Å². The van der Waals surface area contributed by atoms with Crippen molar-refractivity contribution in [2.75, 3.05) is 5.32 Å². The molecule has 1 aliphatic rings. The molecule has 0 saturated carbocycles. The largest absolute Gasteiger partial charge is 0.321 e. The molecule has 1 heterocycles. The van der Waals surface area contributed by atoms with E-state index >= 15 is 0 Å². The van der Waals surface area contributed by atoms with Crippen LogP contribution in [0.1, 0.15) is 30.1 Å². The Morgan fingerprint density at radius 2 is 1.89 bits per heavy atom. The number of amides is 2. The molecule has 6 heteroatoms. The molecule has 0 fully saturated rings. The fraction of sp³-hybridized carbons (Fsp3) is 0.231. The third kappa shape index (κ3) is 3.25. The normalized spacial score (nSPS) is 14.4. The smallest absolute Gasteiger partial charge is 0.271 e. The van der Waals surface area contributed by atoms with Gasteiger partial charge in [-0.1, -0.05) is 0 Å². The van der Waals surface area contributed by atoms with Crippen molar-refractivity contribution in [3.8, 4) is 0 Å². The van der Waals surface area contributed by atoms with E-state index in [0.29, 0.717) is 17.7 Å². The van der Waals surface area contributed by atoms with Crippen molar-refractivity contribution in [3.63, 3.8) is 0 Å². The van der Waals surface area contributed by atoms with Gasteiger partial charge < -0.3 is 5.32 Å². The molecule has 0 aromatic heterocycles. The van der Waals surface area contributed by atoms with E-state index in [9.17, 15) is 14.4 Å². The number of carbonyl (C=O) groups is 3. The van der Waals surface area contributed by atoms with Crippen LogP contribution in [-0.4, -0.2) is 23.3 Å². The monoisotopic (exact) mass is 259 g/mol. The van der Waals surface area contributed by atoms with Crippen molar-refractivity contribution in [1.29, 1.82) is 0 Å².